The Labute approximate surface area is 183 Å². The number of aromatic nitrogens is 2. The van der Waals surface area contributed by atoms with Gasteiger partial charge in [0, 0.05) is 11.8 Å². The lowest BCUT2D eigenvalue weighted by Gasteiger charge is -2.22. The quantitative estimate of drug-likeness (QED) is 0.613. The summed E-state index contributed by atoms with van der Waals surface area (Å²) < 4.78 is 31.8. The third-order valence-electron chi connectivity index (χ3n) is 4.92. The topological polar surface area (TPSA) is 74.6 Å². The van der Waals surface area contributed by atoms with E-state index in [4.69, 9.17) is 25.8 Å². The highest BCUT2D eigenvalue weighted by molar-refractivity contribution is 6.30. The molecule has 1 aliphatic rings. The Hall–Kier alpha value is -3.26. The van der Waals surface area contributed by atoms with Crippen LogP contribution in [0.15, 0.2) is 41.3 Å². The Balaban J connectivity index is 1.75. The fourth-order valence-electron chi connectivity index (χ4n) is 3.33. The Morgan fingerprint density at radius 1 is 1.23 bits per heavy atom. The van der Waals surface area contributed by atoms with Crippen LogP contribution in [0.1, 0.15) is 18.1 Å². The number of nitrogens with zero attached hydrogens (tertiary/aromatic N) is 2. The van der Waals surface area contributed by atoms with E-state index in [1.54, 1.807) is 16.8 Å². The summed E-state index contributed by atoms with van der Waals surface area (Å²) >= 11 is 5.92. The smallest absolute Gasteiger partial charge is 0.316 e. The fraction of sp³-hybridized carbons (Fsp3) is 0.273. The molecule has 0 atom stereocenters. The van der Waals surface area contributed by atoms with Gasteiger partial charge >= 0.3 is 5.56 Å². The van der Waals surface area contributed by atoms with Gasteiger partial charge in [-0.3, -0.25) is 4.79 Å². The maximum atomic E-state index is 13.6. The Bertz CT molecular complexity index is 1180. The number of rotatable bonds is 6. The van der Waals surface area contributed by atoms with Gasteiger partial charge in [0.25, 0.3) is 0 Å². The van der Waals surface area contributed by atoms with Gasteiger partial charge in [0.15, 0.2) is 11.5 Å². The molecule has 0 saturated heterocycles. The number of hydrogen-bond donors (Lipinski definition) is 1. The molecule has 0 fully saturated rings. The average molecular weight is 446 g/mol. The van der Waals surface area contributed by atoms with Crippen molar-refractivity contribution in [2.75, 3.05) is 25.6 Å². The van der Waals surface area contributed by atoms with E-state index in [-0.39, 0.29) is 17.3 Å². The predicted molar refractivity (Wildman–Crippen MR) is 116 cm³/mol. The first-order valence-electron chi connectivity index (χ1n) is 9.77. The molecule has 3 aromatic rings. The first-order valence-corrected chi connectivity index (χ1v) is 10.1. The van der Waals surface area contributed by atoms with E-state index in [0.717, 1.165) is 23.2 Å². The molecule has 1 N–H and O–H groups in total. The highest BCUT2D eigenvalue weighted by Gasteiger charge is 2.17. The Morgan fingerprint density at radius 2 is 1.97 bits per heavy atom. The van der Waals surface area contributed by atoms with Crippen LogP contribution < -0.4 is 25.1 Å². The van der Waals surface area contributed by atoms with Crippen LogP contribution in [-0.2, 0) is 13.0 Å². The van der Waals surface area contributed by atoms with Crippen molar-refractivity contribution in [3.8, 4) is 17.2 Å². The molecule has 7 nitrogen and oxygen atoms in total. The van der Waals surface area contributed by atoms with Crippen LogP contribution in [0.2, 0.25) is 5.02 Å². The van der Waals surface area contributed by atoms with Crippen LogP contribution >= 0.6 is 11.6 Å². The molecule has 0 bridgehead atoms. The van der Waals surface area contributed by atoms with E-state index in [1.165, 1.54) is 19.2 Å². The number of anilines is 2. The molecular formula is C22H21ClFN3O4. The van der Waals surface area contributed by atoms with Gasteiger partial charge in [0.1, 0.15) is 19.0 Å². The van der Waals surface area contributed by atoms with Gasteiger partial charge in [-0.25, -0.2) is 4.39 Å². The summed E-state index contributed by atoms with van der Waals surface area (Å²) in [4.78, 5) is 16.5. The second-order valence-corrected chi connectivity index (χ2v) is 7.35. The SMILES string of the molecule is CCc1cc2c(cc1Nc1nc(=O)c(OC)cn1Cc1ccc(F)c(Cl)c1)OCCO2. The van der Waals surface area contributed by atoms with Crippen molar-refractivity contribution in [3.05, 3.63) is 68.8 Å². The van der Waals surface area contributed by atoms with Gasteiger partial charge in [-0.15, -0.1) is 0 Å². The summed E-state index contributed by atoms with van der Waals surface area (Å²) in [6, 6.07) is 8.21. The van der Waals surface area contributed by atoms with E-state index < -0.39 is 11.4 Å². The molecule has 0 amide bonds. The molecule has 2 heterocycles. The summed E-state index contributed by atoms with van der Waals surface area (Å²) in [7, 11) is 1.40. The van der Waals surface area contributed by atoms with Gasteiger partial charge < -0.3 is 24.1 Å². The van der Waals surface area contributed by atoms with E-state index in [2.05, 4.69) is 10.3 Å². The number of methoxy groups -OCH3 is 1. The molecule has 9 heteroatoms. The summed E-state index contributed by atoms with van der Waals surface area (Å²) in [5, 5.41) is 3.26. The second kappa shape index (κ2) is 8.85. The van der Waals surface area contributed by atoms with Crippen LogP contribution in [0.5, 0.6) is 17.2 Å². The summed E-state index contributed by atoms with van der Waals surface area (Å²) in [5.74, 6) is 1.21. The normalized spacial score (nSPS) is 12.5. The standard InChI is InChI=1S/C22H21ClFN3O4/c1-3-14-9-18-19(31-7-6-30-18)10-17(14)25-22-26-21(28)20(29-2)12-27(22)11-13-4-5-16(24)15(23)8-13/h4-5,8-10,12H,3,6-7,11H2,1-2H3,(H,25,26,28). The van der Waals surface area contributed by atoms with Crippen LogP contribution in [0.4, 0.5) is 16.0 Å². The van der Waals surface area contributed by atoms with Crippen molar-refractivity contribution in [1.29, 1.82) is 0 Å². The minimum absolute atomic E-state index is 0.0214. The molecule has 162 valence electrons. The minimum Gasteiger partial charge on any atom is -0.490 e. The molecule has 1 aliphatic heterocycles. The van der Waals surface area contributed by atoms with Crippen molar-refractivity contribution in [1.82, 2.24) is 9.55 Å². The average Bonchev–Trinajstić information content (AvgIpc) is 2.77. The number of aryl methyl sites for hydroxylation is 1. The number of ether oxygens (including phenoxy) is 3. The maximum absolute atomic E-state index is 13.6. The van der Waals surface area contributed by atoms with Crippen LogP contribution in [0.25, 0.3) is 0 Å². The van der Waals surface area contributed by atoms with Crippen molar-refractivity contribution in [2.24, 2.45) is 0 Å². The van der Waals surface area contributed by atoms with Gasteiger partial charge in [0.2, 0.25) is 11.7 Å². The molecule has 2 aromatic carbocycles. The lowest BCUT2D eigenvalue weighted by atomic mass is 10.1. The summed E-state index contributed by atoms with van der Waals surface area (Å²) in [6.07, 6.45) is 2.28. The van der Waals surface area contributed by atoms with E-state index >= 15 is 0 Å². The Kier molecular flexibility index (Phi) is 5.99. The molecule has 0 unspecified atom stereocenters. The molecule has 0 radical (unpaired) electrons. The third-order valence-corrected chi connectivity index (χ3v) is 5.21. The zero-order chi connectivity index (χ0) is 22.0. The van der Waals surface area contributed by atoms with Crippen LogP contribution in [0, 0.1) is 5.82 Å². The van der Waals surface area contributed by atoms with E-state index in [9.17, 15) is 9.18 Å². The molecule has 0 aliphatic carbocycles. The van der Waals surface area contributed by atoms with Crippen LogP contribution in [0.3, 0.4) is 0 Å². The molecular weight excluding hydrogens is 425 g/mol. The largest absolute Gasteiger partial charge is 0.490 e. The van der Waals surface area contributed by atoms with Gasteiger partial charge in [0.05, 0.1) is 24.9 Å². The molecule has 4 rings (SSSR count). The molecule has 0 saturated carbocycles. The number of nitrogens with one attached hydrogen (secondary N) is 1. The van der Waals surface area contributed by atoms with Crippen molar-refractivity contribution in [2.45, 2.75) is 19.9 Å². The summed E-state index contributed by atoms with van der Waals surface area (Å²) in [6.45, 7) is 3.28. The van der Waals surface area contributed by atoms with Crippen molar-refractivity contribution < 1.29 is 18.6 Å². The number of hydrogen-bond acceptors (Lipinski definition) is 6. The highest BCUT2D eigenvalue weighted by atomic mass is 35.5. The first kappa shape index (κ1) is 21.0. The zero-order valence-corrected chi connectivity index (χ0v) is 17.8. The monoisotopic (exact) mass is 445 g/mol. The minimum atomic E-state index is -0.506. The highest BCUT2D eigenvalue weighted by Crippen LogP contribution is 2.36. The lowest BCUT2D eigenvalue weighted by Crippen LogP contribution is -2.19. The number of benzene rings is 2. The van der Waals surface area contributed by atoms with E-state index in [0.29, 0.717) is 30.7 Å². The molecule has 31 heavy (non-hydrogen) atoms. The Morgan fingerprint density at radius 3 is 2.65 bits per heavy atom. The van der Waals surface area contributed by atoms with Gasteiger partial charge in [-0.2, -0.15) is 4.98 Å². The van der Waals surface area contributed by atoms with Crippen molar-refractivity contribution >= 4 is 23.2 Å². The number of halogens is 2. The lowest BCUT2D eigenvalue weighted by molar-refractivity contribution is 0.171. The van der Waals surface area contributed by atoms with E-state index in [1.807, 2.05) is 19.1 Å². The van der Waals surface area contributed by atoms with Gasteiger partial charge in [-0.05, 0) is 35.7 Å². The second-order valence-electron chi connectivity index (χ2n) is 6.95. The predicted octanol–water partition coefficient (Wildman–Crippen LogP) is 4.17. The maximum Gasteiger partial charge on any atom is 0.316 e. The zero-order valence-electron chi connectivity index (χ0n) is 17.1. The van der Waals surface area contributed by atoms with Crippen LogP contribution in [-0.4, -0.2) is 29.9 Å². The summed E-state index contributed by atoms with van der Waals surface area (Å²) in [5.41, 5.74) is 1.95. The van der Waals surface area contributed by atoms with Gasteiger partial charge in [-0.1, -0.05) is 24.6 Å². The molecule has 1 aromatic heterocycles. The molecule has 0 spiro atoms. The fourth-order valence-corrected chi connectivity index (χ4v) is 3.53. The first-order chi connectivity index (χ1) is 15.0. The third kappa shape index (κ3) is 4.44. The number of fused-ring (bicyclic) bond motifs is 1. The van der Waals surface area contributed by atoms with Crippen molar-refractivity contribution in [3.63, 3.8) is 0 Å².